The molecule has 2 atom stereocenters. The lowest BCUT2D eigenvalue weighted by Crippen LogP contribution is -2.37. The van der Waals surface area contributed by atoms with Gasteiger partial charge in [0.1, 0.15) is 34.5 Å². The predicted molar refractivity (Wildman–Crippen MR) is 153 cm³/mol. The first kappa shape index (κ1) is 27.6. The Morgan fingerprint density at radius 2 is 0.881 bits per heavy atom. The number of ketones is 2. The van der Waals surface area contributed by atoms with E-state index in [9.17, 15) is 40.2 Å². The Hall–Kier alpha value is -4.54. The SMILES string of the molecule is COC1(C)CC(=O)c2c(cc3cc(O)c(-c4c(O)cc5cc6c(c(O)c5c4O)C(=O)CC(C)(OC)C6)c(O)c3c2O)C1. The monoisotopic (exact) mass is 574 g/mol. The van der Waals surface area contributed by atoms with Crippen LogP contribution in [0.3, 0.4) is 0 Å². The Kier molecular flexibility index (Phi) is 5.90. The zero-order valence-electron chi connectivity index (χ0n) is 23.5. The van der Waals surface area contributed by atoms with Gasteiger partial charge in [0.2, 0.25) is 0 Å². The molecule has 0 spiro atoms. The lowest BCUT2D eigenvalue weighted by atomic mass is 9.78. The highest BCUT2D eigenvalue weighted by atomic mass is 16.5. The average molecular weight is 575 g/mol. The number of phenols is 6. The number of ether oxygens (including phenoxy) is 2. The van der Waals surface area contributed by atoms with Crippen LogP contribution in [-0.4, -0.2) is 67.6 Å². The molecule has 0 radical (unpaired) electrons. The van der Waals surface area contributed by atoms with Gasteiger partial charge in [-0.25, -0.2) is 0 Å². The van der Waals surface area contributed by atoms with E-state index >= 15 is 0 Å². The fourth-order valence-electron chi connectivity index (χ4n) is 6.62. The van der Waals surface area contributed by atoms with Crippen molar-refractivity contribution in [2.75, 3.05) is 14.2 Å². The van der Waals surface area contributed by atoms with E-state index < -0.39 is 68.4 Å². The topological polar surface area (TPSA) is 174 Å². The van der Waals surface area contributed by atoms with Crippen LogP contribution in [0.5, 0.6) is 34.5 Å². The average Bonchev–Trinajstić information content (AvgIpc) is 2.89. The normalized spacial score (nSPS) is 22.0. The zero-order chi connectivity index (χ0) is 30.5. The number of Topliss-reactive ketones (excluding diaryl/α,β-unsaturated/α-hetero) is 2. The highest BCUT2D eigenvalue weighted by molar-refractivity contribution is 6.14. The third-order valence-electron chi connectivity index (χ3n) is 8.86. The molecule has 0 amide bonds. The molecule has 4 aromatic rings. The van der Waals surface area contributed by atoms with Crippen molar-refractivity contribution >= 4 is 33.1 Å². The summed E-state index contributed by atoms with van der Waals surface area (Å²) in [7, 11) is 2.98. The Morgan fingerprint density at radius 1 is 0.548 bits per heavy atom. The van der Waals surface area contributed by atoms with Crippen LogP contribution in [0.15, 0.2) is 24.3 Å². The van der Waals surface area contributed by atoms with Crippen LogP contribution in [-0.2, 0) is 22.3 Å². The van der Waals surface area contributed by atoms with Crippen molar-refractivity contribution in [1.29, 1.82) is 0 Å². The third kappa shape index (κ3) is 3.79. The molecule has 10 heteroatoms. The molecule has 2 aliphatic rings. The number of methoxy groups -OCH3 is 2. The van der Waals surface area contributed by atoms with E-state index in [1.165, 1.54) is 26.4 Å². The Labute approximate surface area is 240 Å². The number of aromatic hydroxyl groups is 6. The van der Waals surface area contributed by atoms with Crippen molar-refractivity contribution in [3.63, 3.8) is 0 Å². The van der Waals surface area contributed by atoms with Crippen LogP contribution in [0, 0.1) is 0 Å². The number of rotatable bonds is 3. The summed E-state index contributed by atoms with van der Waals surface area (Å²) in [6, 6.07) is 5.61. The smallest absolute Gasteiger partial charge is 0.169 e. The Balaban J connectivity index is 1.61. The number of benzene rings is 4. The number of hydrogen-bond acceptors (Lipinski definition) is 10. The van der Waals surface area contributed by atoms with Gasteiger partial charge in [0, 0.05) is 39.9 Å². The molecule has 10 nitrogen and oxygen atoms in total. The molecule has 0 bridgehead atoms. The van der Waals surface area contributed by atoms with Gasteiger partial charge in [0.15, 0.2) is 11.6 Å². The largest absolute Gasteiger partial charge is 0.507 e. The number of phenolic OH excluding ortho intramolecular Hbond substituents is 6. The van der Waals surface area contributed by atoms with Crippen molar-refractivity contribution in [3.05, 3.63) is 46.5 Å². The molecule has 0 heterocycles. The molecule has 2 unspecified atom stereocenters. The number of carbonyl (C=O) groups excluding carboxylic acids is 2. The summed E-state index contributed by atoms with van der Waals surface area (Å²) < 4.78 is 11.0. The molecule has 0 saturated carbocycles. The second-order valence-corrected chi connectivity index (χ2v) is 11.8. The van der Waals surface area contributed by atoms with Gasteiger partial charge >= 0.3 is 0 Å². The van der Waals surface area contributed by atoms with Gasteiger partial charge in [-0.3, -0.25) is 9.59 Å². The fraction of sp³-hybridized carbons (Fsp3) is 0.312. The van der Waals surface area contributed by atoms with Gasteiger partial charge < -0.3 is 40.1 Å². The number of fused-ring (bicyclic) bond motifs is 4. The number of carbonyl (C=O) groups is 2. The maximum atomic E-state index is 13.0. The molecule has 0 saturated heterocycles. The number of hydrogen-bond donors (Lipinski definition) is 6. The summed E-state index contributed by atoms with van der Waals surface area (Å²) in [4.78, 5) is 26.1. The minimum absolute atomic E-state index is 0.000624. The first-order chi connectivity index (χ1) is 19.7. The van der Waals surface area contributed by atoms with Gasteiger partial charge in [-0.2, -0.15) is 0 Å². The highest BCUT2D eigenvalue weighted by Gasteiger charge is 2.39. The molecule has 218 valence electrons. The molecular weight excluding hydrogens is 544 g/mol. The summed E-state index contributed by atoms with van der Waals surface area (Å²) in [5.41, 5.74) is -1.46. The maximum Gasteiger partial charge on any atom is 0.169 e. The van der Waals surface area contributed by atoms with Crippen LogP contribution >= 0.6 is 0 Å². The van der Waals surface area contributed by atoms with Gasteiger partial charge in [-0.1, -0.05) is 0 Å². The summed E-state index contributed by atoms with van der Waals surface area (Å²) in [6.07, 6.45) is 0.601. The molecule has 4 aromatic carbocycles. The minimum atomic E-state index is -0.790. The van der Waals surface area contributed by atoms with Gasteiger partial charge in [0.05, 0.1) is 44.2 Å². The lowest BCUT2D eigenvalue weighted by molar-refractivity contribution is -0.00161. The molecular formula is C32H30O10. The predicted octanol–water partition coefficient (Wildman–Crippen LogP) is 4.96. The second-order valence-electron chi connectivity index (χ2n) is 11.8. The van der Waals surface area contributed by atoms with E-state index in [-0.39, 0.29) is 45.5 Å². The van der Waals surface area contributed by atoms with Gasteiger partial charge in [0.25, 0.3) is 0 Å². The third-order valence-corrected chi connectivity index (χ3v) is 8.86. The van der Waals surface area contributed by atoms with E-state index in [2.05, 4.69) is 0 Å². The van der Waals surface area contributed by atoms with Crippen LogP contribution in [0.25, 0.3) is 32.7 Å². The van der Waals surface area contributed by atoms with E-state index in [4.69, 9.17) is 9.47 Å². The molecule has 2 aliphatic carbocycles. The van der Waals surface area contributed by atoms with Crippen molar-refractivity contribution in [1.82, 2.24) is 0 Å². The Morgan fingerprint density at radius 3 is 1.21 bits per heavy atom. The van der Waals surface area contributed by atoms with Crippen LogP contribution in [0.4, 0.5) is 0 Å². The quantitative estimate of drug-likeness (QED) is 0.196. The molecule has 6 N–H and O–H groups in total. The van der Waals surface area contributed by atoms with Crippen molar-refractivity contribution in [2.24, 2.45) is 0 Å². The maximum absolute atomic E-state index is 13.0. The first-order valence-corrected chi connectivity index (χ1v) is 13.4. The fourth-order valence-corrected chi connectivity index (χ4v) is 6.62. The summed E-state index contributed by atoms with van der Waals surface area (Å²) >= 11 is 0. The summed E-state index contributed by atoms with van der Waals surface area (Å²) in [5.74, 6) is -4.31. The van der Waals surface area contributed by atoms with E-state index in [0.29, 0.717) is 24.0 Å². The van der Waals surface area contributed by atoms with Crippen LogP contribution in [0.1, 0.15) is 58.5 Å². The van der Waals surface area contributed by atoms with Gasteiger partial charge in [-0.05, 0) is 60.0 Å². The van der Waals surface area contributed by atoms with Crippen LogP contribution < -0.4 is 0 Å². The molecule has 0 aliphatic heterocycles. The highest BCUT2D eigenvalue weighted by Crippen LogP contribution is 2.56. The standard InChI is InChI=1S/C32H30O10/c1-31(41-3)9-15-5-13-7-17(33)25(29(39)23(13)27(37)21(15)19(35)11-31)26-18(34)8-14-6-16-10-32(2,42-4)12-20(36)22(16)28(38)24(14)30(26)40/h5-8,33-34,37-40H,9-12H2,1-4H3. The molecule has 6 rings (SSSR count). The van der Waals surface area contributed by atoms with Crippen molar-refractivity contribution in [2.45, 2.75) is 50.7 Å². The second kappa shape index (κ2) is 8.98. The first-order valence-electron chi connectivity index (χ1n) is 13.4. The van der Waals surface area contributed by atoms with Crippen molar-refractivity contribution < 1.29 is 49.7 Å². The molecule has 42 heavy (non-hydrogen) atoms. The molecule has 0 aromatic heterocycles. The van der Waals surface area contributed by atoms with E-state index in [1.807, 2.05) is 0 Å². The van der Waals surface area contributed by atoms with Crippen LogP contribution in [0.2, 0.25) is 0 Å². The van der Waals surface area contributed by atoms with Crippen molar-refractivity contribution in [3.8, 4) is 45.6 Å². The zero-order valence-corrected chi connectivity index (χ0v) is 23.5. The lowest BCUT2D eigenvalue weighted by Gasteiger charge is -2.33. The van der Waals surface area contributed by atoms with Gasteiger partial charge in [-0.15, -0.1) is 0 Å². The van der Waals surface area contributed by atoms with E-state index in [1.54, 1.807) is 26.0 Å². The summed E-state index contributed by atoms with van der Waals surface area (Å²) in [6.45, 7) is 3.55. The Bertz CT molecular complexity index is 1750. The molecule has 0 fully saturated rings. The van der Waals surface area contributed by atoms with E-state index in [0.717, 1.165) is 0 Å². The summed E-state index contributed by atoms with van der Waals surface area (Å²) in [5, 5.41) is 67.4. The minimum Gasteiger partial charge on any atom is -0.507 e.